The second-order valence-electron chi connectivity index (χ2n) is 4.91. The van der Waals surface area contributed by atoms with E-state index in [2.05, 4.69) is 4.98 Å². The van der Waals surface area contributed by atoms with E-state index in [-0.39, 0.29) is 17.1 Å². The van der Waals surface area contributed by atoms with E-state index in [1.165, 1.54) is 12.3 Å². The quantitative estimate of drug-likeness (QED) is 0.796. The molecule has 2 aliphatic heterocycles. The van der Waals surface area contributed by atoms with E-state index in [9.17, 15) is 8.42 Å². The van der Waals surface area contributed by atoms with Crippen LogP contribution in [-0.4, -0.2) is 17.7 Å². The molecule has 5 heteroatoms. The topological polar surface area (TPSA) is 50.3 Å². The molecule has 4 nitrogen and oxygen atoms in total. The highest BCUT2D eigenvalue weighted by molar-refractivity contribution is 7.89. The zero-order valence-corrected chi connectivity index (χ0v) is 11.4. The molecule has 0 radical (unpaired) electrons. The van der Waals surface area contributed by atoms with Crippen LogP contribution in [0.15, 0.2) is 65.8 Å². The summed E-state index contributed by atoms with van der Waals surface area (Å²) < 4.78 is 27.1. The first kappa shape index (κ1) is 11.8. The highest BCUT2D eigenvalue weighted by Gasteiger charge is 2.47. The number of pyridine rings is 1. The average Bonchev–Trinajstić information content (AvgIpc) is 3.06. The highest BCUT2D eigenvalue weighted by Crippen LogP contribution is 2.50. The summed E-state index contributed by atoms with van der Waals surface area (Å²) in [5, 5.41) is 0.103. The van der Waals surface area contributed by atoms with Crippen molar-refractivity contribution in [2.75, 3.05) is 0 Å². The molecule has 3 heterocycles. The molecule has 2 aliphatic rings. The summed E-state index contributed by atoms with van der Waals surface area (Å²) in [6, 6.07) is 12.4. The van der Waals surface area contributed by atoms with Gasteiger partial charge in [0.2, 0.25) is 0 Å². The van der Waals surface area contributed by atoms with Gasteiger partial charge in [-0.1, -0.05) is 42.5 Å². The summed E-state index contributed by atoms with van der Waals surface area (Å²) in [5.41, 5.74) is 2.14. The molecule has 1 aromatic carbocycles. The molecule has 20 heavy (non-hydrogen) atoms. The lowest BCUT2D eigenvalue weighted by Gasteiger charge is -2.21. The van der Waals surface area contributed by atoms with Crippen molar-refractivity contribution in [1.29, 1.82) is 0 Å². The summed E-state index contributed by atoms with van der Waals surface area (Å²) in [5.74, 6) is 0. The third-order valence-electron chi connectivity index (χ3n) is 3.84. The predicted octanol–water partition coefficient (Wildman–Crippen LogP) is 2.44. The zero-order valence-electron chi connectivity index (χ0n) is 10.5. The molecule has 0 saturated carbocycles. The van der Waals surface area contributed by atoms with E-state index >= 15 is 0 Å². The molecule has 1 aromatic heterocycles. The second kappa shape index (κ2) is 4.01. The molecule has 0 amide bonds. The summed E-state index contributed by atoms with van der Waals surface area (Å²) in [6.07, 6.45) is 5.41. The Balaban J connectivity index is 1.84. The van der Waals surface area contributed by atoms with Gasteiger partial charge in [0.25, 0.3) is 10.0 Å². The van der Waals surface area contributed by atoms with E-state index in [0.29, 0.717) is 0 Å². The third-order valence-corrected chi connectivity index (χ3v) is 5.62. The zero-order chi connectivity index (χ0) is 13.7. The molecular weight excluding hydrogens is 272 g/mol. The number of nitrogens with zero attached hydrogens (tertiary/aromatic N) is 2. The lowest BCUT2D eigenvalue weighted by atomic mass is 9.97. The fraction of sp³-hybridized carbons (Fsp3) is 0.133. The van der Waals surface area contributed by atoms with Gasteiger partial charge in [-0.25, -0.2) is 13.4 Å². The van der Waals surface area contributed by atoms with Crippen LogP contribution in [0.25, 0.3) is 0 Å². The maximum atomic E-state index is 12.8. The van der Waals surface area contributed by atoms with Crippen molar-refractivity contribution in [2.24, 2.45) is 0 Å². The van der Waals surface area contributed by atoms with Crippen LogP contribution >= 0.6 is 0 Å². The fourth-order valence-corrected chi connectivity index (χ4v) is 4.62. The number of hydrogen-bond donors (Lipinski definition) is 0. The minimum Gasteiger partial charge on any atom is -0.243 e. The Hall–Kier alpha value is -1.98. The highest BCUT2D eigenvalue weighted by atomic mass is 32.2. The van der Waals surface area contributed by atoms with Crippen molar-refractivity contribution in [3.63, 3.8) is 0 Å². The smallest absolute Gasteiger partial charge is 0.243 e. The molecule has 0 spiro atoms. The largest absolute Gasteiger partial charge is 0.262 e. The van der Waals surface area contributed by atoms with Gasteiger partial charge in [-0.15, -0.1) is 0 Å². The van der Waals surface area contributed by atoms with Gasteiger partial charge in [-0.05, 0) is 23.3 Å². The molecule has 0 aliphatic carbocycles. The van der Waals surface area contributed by atoms with Crippen LogP contribution in [0.1, 0.15) is 23.2 Å². The SMILES string of the molecule is O=S(=O)(c1ccccn1)N1C2C=CC1c1ccccc12. The second-order valence-corrected chi connectivity index (χ2v) is 6.70. The summed E-state index contributed by atoms with van der Waals surface area (Å²) in [4.78, 5) is 4.00. The Morgan fingerprint density at radius 1 is 0.900 bits per heavy atom. The van der Waals surface area contributed by atoms with E-state index in [0.717, 1.165) is 11.1 Å². The first-order valence-corrected chi connectivity index (χ1v) is 7.85. The summed E-state index contributed by atoms with van der Waals surface area (Å²) in [6.45, 7) is 0. The van der Waals surface area contributed by atoms with Crippen molar-refractivity contribution < 1.29 is 8.42 Å². The fourth-order valence-electron chi connectivity index (χ4n) is 2.99. The molecule has 100 valence electrons. The van der Waals surface area contributed by atoms with Crippen molar-refractivity contribution in [2.45, 2.75) is 17.1 Å². The predicted molar refractivity (Wildman–Crippen MR) is 74.3 cm³/mol. The van der Waals surface area contributed by atoms with Crippen molar-refractivity contribution in [3.05, 3.63) is 71.9 Å². The number of aromatic nitrogens is 1. The molecule has 2 aromatic rings. The summed E-state index contributed by atoms with van der Waals surface area (Å²) in [7, 11) is -3.58. The van der Waals surface area contributed by atoms with E-state index in [4.69, 9.17) is 0 Å². The molecule has 2 unspecified atom stereocenters. The molecule has 0 fully saturated rings. The molecule has 0 saturated heterocycles. The van der Waals surface area contributed by atoms with Crippen LogP contribution in [-0.2, 0) is 10.0 Å². The molecule has 2 atom stereocenters. The monoisotopic (exact) mass is 284 g/mol. The van der Waals surface area contributed by atoms with Crippen molar-refractivity contribution in [3.8, 4) is 0 Å². The van der Waals surface area contributed by atoms with E-state index in [1.807, 2.05) is 36.4 Å². The number of fused-ring (bicyclic) bond motifs is 5. The molecular formula is C15H12N2O2S. The average molecular weight is 284 g/mol. The lowest BCUT2D eigenvalue weighted by molar-refractivity contribution is 0.383. The molecule has 2 bridgehead atoms. The van der Waals surface area contributed by atoms with Crippen LogP contribution < -0.4 is 0 Å². The van der Waals surface area contributed by atoms with Crippen LogP contribution in [0.4, 0.5) is 0 Å². The van der Waals surface area contributed by atoms with Gasteiger partial charge in [0.15, 0.2) is 5.03 Å². The number of benzene rings is 1. The lowest BCUT2D eigenvalue weighted by Crippen LogP contribution is -2.29. The number of sulfonamides is 1. The summed E-state index contributed by atoms with van der Waals surface area (Å²) >= 11 is 0. The Morgan fingerprint density at radius 3 is 2.05 bits per heavy atom. The maximum absolute atomic E-state index is 12.8. The van der Waals surface area contributed by atoms with Crippen LogP contribution in [0, 0.1) is 0 Å². The minimum absolute atomic E-state index is 0.103. The van der Waals surface area contributed by atoms with E-state index in [1.54, 1.807) is 16.4 Å². The van der Waals surface area contributed by atoms with Gasteiger partial charge in [-0.2, -0.15) is 4.31 Å². The molecule has 0 N–H and O–H groups in total. The number of hydrogen-bond acceptors (Lipinski definition) is 3. The maximum Gasteiger partial charge on any atom is 0.262 e. The Morgan fingerprint density at radius 2 is 1.50 bits per heavy atom. The first-order chi connectivity index (χ1) is 9.69. The van der Waals surface area contributed by atoms with Crippen molar-refractivity contribution in [1.82, 2.24) is 9.29 Å². The van der Waals surface area contributed by atoms with Crippen LogP contribution in [0.3, 0.4) is 0 Å². The van der Waals surface area contributed by atoms with Gasteiger partial charge < -0.3 is 0 Å². The Bertz CT molecular complexity index is 767. The first-order valence-electron chi connectivity index (χ1n) is 6.41. The van der Waals surface area contributed by atoms with Crippen LogP contribution in [0.5, 0.6) is 0 Å². The third kappa shape index (κ3) is 1.44. The van der Waals surface area contributed by atoms with Gasteiger partial charge in [-0.3, -0.25) is 0 Å². The van der Waals surface area contributed by atoms with Crippen LogP contribution in [0.2, 0.25) is 0 Å². The Kier molecular flexibility index (Phi) is 2.37. The Labute approximate surface area is 117 Å². The standard InChI is InChI=1S/C15H12N2O2S/c18-20(19,15-7-3-4-10-16-15)17-13-8-9-14(17)12-6-2-1-5-11(12)13/h1-10,13-14H. The minimum atomic E-state index is -3.58. The molecule has 4 rings (SSSR count). The van der Waals surface area contributed by atoms with Crippen molar-refractivity contribution >= 4 is 10.0 Å². The van der Waals surface area contributed by atoms with Gasteiger partial charge in [0.1, 0.15) is 0 Å². The van der Waals surface area contributed by atoms with Gasteiger partial charge in [0, 0.05) is 6.20 Å². The van der Waals surface area contributed by atoms with Gasteiger partial charge >= 0.3 is 0 Å². The number of rotatable bonds is 2. The normalized spacial score (nSPS) is 24.0. The van der Waals surface area contributed by atoms with E-state index < -0.39 is 10.0 Å². The van der Waals surface area contributed by atoms with Gasteiger partial charge in [0.05, 0.1) is 12.1 Å².